The first-order chi connectivity index (χ1) is 8.81. The van der Waals surface area contributed by atoms with Gasteiger partial charge in [-0.05, 0) is 18.8 Å². The molecule has 0 fully saturated rings. The van der Waals surface area contributed by atoms with Gasteiger partial charge in [-0.15, -0.1) is 11.3 Å². The molecule has 0 saturated carbocycles. The van der Waals surface area contributed by atoms with Gasteiger partial charge in [0, 0.05) is 18.0 Å². The molecular weight excluding hydrogens is 273 g/mol. The molecule has 0 bridgehead atoms. The smallest absolute Gasteiger partial charge is 0.348 e. The normalized spacial score (nSPS) is 12.2. The van der Waals surface area contributed by atoms with Crippen LogP contribution in [0.25, 0.3) is 0 Å². The Morgan fingerprint density at radius 2 is 1.68 bits per heavy atom. The third-order valence-electron chi connectivity index (χ3n) is 2.69. The molecule has 0 spiro atoms. The molecule has 0 radical (unpaired) electrons. The Morgan fingerprint density at radius 1 is 1.16 bits per heavy atom. The van der Waals surface area contributed by atoms with Gasteiger partial charge in [0.2, 0.25) is 0 Å². The fraction of sp³-hybridized carbons (Fsp3) is 0.769. The second-order valence-electron chi connectivity index (χ2n) is 4.85. The predicted octanol–water partition coefficient (Wildman–Crippen LogP) is 4.91. The van der Waals surface area contributed by atoms with Crippen LogP contribution in [0.3, 0.4) is 0 Å². The Kier molecular flexibility index (Phi) is 5.64. The summed E-state index contributed by atoms with van der Waals surface area (Å²) in [6.45, 7) is 9.08. The van der Waals surface area contributed by atoms with Crippen LogP contribution >= 0.6 is 11.3 Å². The van der Waals surface area contributed by atoms with Gasteiger partial charge in [-0.25, -0.2) is 4.98 Å². The van der Waals surface area contributed by atoms with Crippen molar-refractivity contribution in [1.29, 1.82) is 0 Å². The molecular formula is C13H21F3N2S. The summed E-state index contributed by atoms with van der Waals surface area (Å²) < 4.78 is 38.9. The first-order valence-corrected chi connectivity index (χ1v) is 7.45. The summed E-state index contributed by atoms with van der Waals surface area (Å²) in [5, 5.41) is 0.500. The van der Waals surface area contributed by atoms with Crippen LogP contribution in [-0.2, 0) is 6.18 Å². The van der Waals surface area contributed by atoms with E-state index in [4.69, 9.17) is 0 Å². The quantitative estimate of drug-likeness (QED) is 0.741. The monoisotopic (exact) mass is 294 g/mol. The predicted molar refractivity (Wildman–Crippen MR) is 74.0 cm³/mol. The maximum absolute atomic E-state index is 13.0. The topological polar surface area (TPSA) is 16.1 Å². The van der Waals surface area contributed by atoms with E-state index in [0.29, 0.717) is 10.0 Å². The fourth-order valence-corrected chi connectivity index (χ4v) is 3.03. The maximum Gasteiger partial charge on any atom is 0.434 e. The highest BCUT2D eigenvalue weighted by Crippen LogP contribution is 2.40. The highest BCUT2D eigenvalue weighted by molar-refractivity contribution is 7.15. The van der Waals surface area contributed by atoms with Crippen molar-refractivity contribution in [1.82, 2.24) is 4.98 Å². The Bertz CT molecular complexity index is 393. The van der Waals surface area contributed by atoms with Crippen molar-refractivity contribution in [2.45, 2.75) is 52.6 Å². The van der Waals surface area contributed by atoms with E-state index in [2.05, 4.69) is 4.98 Å². The first kappa shape index (κ1) is 16.3. The van der Waals surface area contributed by atoms with Gasteiger partial charge < -0.3 is 4.90 Å². The molecule has 6 heteroatoms. The van der Waals surface area contributed by atoms with Gasteiger partial charge in [-0.3, -0.25) is 0 Å². The number of halogens is 3. The van der Waals surface area contributed by atoms with E-state index in [9.17, 15) is 13.2 Å². The van der Waals surface area contributed by atoms with E-state index in [1.54, 1.807) is 13.8 Å². The van der Waals surface area contributed by atoms with Crippen LogP contribution in [0.2, 0.25) is 0 Å². The molecule has 0 amide bonds. The minimum atomic E-state index is -4.36. The van der Waals surface area contributed by atoms with Gasteiger partial charge >= 0.3 is 6.18 Å². The lowest BCUT2D eigenvalue weighted by Crippen LogP contribution is -2.24. The molecule has 19 heavy (non-hydrogen) atoms. The molecule has 0 atom stereocenters. The molecule has 1 aromatic heterocycles. The molecule has 2 nitrogen and oxygen atoms in total. The number of hydrogen-bond donors (Lipinski definition) is 0. The van der Waals surface area contributed by atoms with Gasteiger partial charge in [0.05, 0.1) is 0 Å². The van der Waals surface area contributed by atoms with Gasteiger partial charge in [0.15, 0.2) is 10.8 Å². The van der Waals surface area contributed by atoms with Crippen LogP contribution in [-0.4, -0.2) is 18.1 Å². The summed E-state index contributed by atoms with van der Waals surface area (Å²) in [6.07, 6.45) is -2.56. The number of alkyl halides is 3. The summed E-state index contributed by atoms with van der Waals surface area (Å²) in [5.41, 5.74) is -0.709. The van der Waals surface area contributed by atoms with Crippen LogP contribution in [0, 0.1) is 0 Å². The Morgan fingerprint density at radius 3 is 2.00 bits per heavy atom. The van der Waals surface area contributed by atoms with Gasteiger partial charge in [-0.2, -0.15) is 13.2 Å². The fourth-order valence-electron chi connectivity index (χ4n) is 1.89. The van der Waals surface area contributed by atoms with Crippen molar-refractivity contribution in [2.75, 3.05) is 18.0 Å². The molecule has 1 heterocycles. The zero-order chi connectivity index (χ0) is 14.6. The van der Waals surface area contributed by atoms with Gasteiger partial charge in [0.25, 0.3) is 0 Å². The van der Waals surface area contributed by atoms with E-state index in [1.165, 1.54) is 11.3 Å². The third-order valence-corrected chi connectivity index (χ3v) is 4.11. The van der Waals surface area contributed by atoms with Gasteiger partial charge in [-0.1, -0.05) is 27.7 Å². The van der Waals surface area contributed by atoms with Crippen molar-refractivity contribution in [3.8, 4) is 0 Å². The number of rotatable bonds is 6. The standard InChI is InChI=1S/C13H21F3N2S/c1-5-7-18(8-6-2)12-17-11(13(14,15)16)10(19-12)9(3)4/h9H,5-8H2,1-4H3. The molecule has 0 saturated heterocycles. The molecule has 0 aliphatic heterocycles. The van der Waals surface area contributed by atoms with E-state index < -0.39 is 11.9 Å². The highest BCUT2D eigenvalue weighted by Gasteiger charge is 2.38. The van der Waals surface area contributed by atoms with E-state index in [0.717, 1.165) is 25.9 Å². The lowest BCUT2D eigenvalue weighted by molar-refractivity contribution is -0.141. The van der Waals surface area contributed by atoms with Crippen molar-refractivity contribution in [3.63, 3.8) is 0 Å². The van der Waals surface area contributed by atoms with Crippen LogP contribution < -0.4 is 4.90 Å². The van der Waals surface area contributed by atoms with E-state index in [-0.39, 0.29) is 5.92 Å². The molecule has 0 N–H and O–H groups in total. The second-order valence-corrected chi connectivity index (χ2v) is 5.86. The summed E-state index contributed by atoms with van der Waals surface area (Å²) in [6, 6.07) is 0. The van der Waals surface area contributed by atoms with Crippen molar-refractivity contribution >= 4 is 16.5 Å². The number of nitrogens with zero attached hydrogens (tertiary/aromatic N) is 2. The Balaban J connectivity index is 3.15. The Labute approximate surface area is 116 Å². The molecule has 0 aliphatic rings. The third kappa shape index (κ3) is 4.09. The summed E-state index contributed by atoms with van der Waals surface area (Å²) in [4.78, 5) is 6.14. The van der Waals surface area contributed by atoms with Crippen molar-refractivity contribution < 1.29 is 13.2 Å². The van der Waals surface area contributed by atoms with Crippen LogP contribution in [0.15, 0.2) is 0 Å². The average Bonchev–Trinajstić information content (AvgIpc) is 2.73. The SMILES string of the molecule is CCCN(CCC)c1nc(C(F)(F)F)c(C(C)C)s1. The molecule has 0 aromatic carbocycles. The number of aromatic nitrogens is 1. The van der Waals surface area contributed by atoms with Crippen LogP contribution in [0.4, 0.5) is 18.3 Å². The molecule has 1 rings (SSSR count). The number of thiazole rings is 1. The van der Waals surface area contributed by atoms with Crippen molar-refractivity contribution in [2.24, 2.45) is 0 Å². The second kappa shape index (κ2) is 6.59. The van der Waals surface area contributed by atoms with Gasteiger partial charge in [0.1, 0.15) is 0 Å². The zero-order valence-electron chi connectivity index (χ0n) is 11.8. The average molecular weight is 294 g/mol. The maximum atomic E-state index is 13.0. The lowest BCUT2D eigenvalue weighted by atomic mass is 10.1. The zero-order valence-corrected chi connectivity index (χ0v) is 12.7. The van der Waals surface area contributed by atoms with Crippen molar-refractivity contribution in [3.05, 3.63) is 10.6 Å². The number of anilines is 1. The molecule has 0 aliphatic carbocycles. The first-order valence-electron chi connectivity index (χ1n) is 6.64. The van der Waals surface area contributed by atoms with Crippen LogP contribution in [0.5, 0.6) is 0 Å². The molecule has 0 unspecified atom stereocenters. The lowest BCUT2D eigenvalue weighted by Gasteiger charge is -2.20. The van der Waals surface area contributed by atoms with Crippen LogP contribution in [0.1, 0.15) is 57.0 Å². The molecule has 1 aromatic rings. The highest BCUT2D eigenvalue weighted by atomic mass is 32.1. The van der Waals surface area contributed by atoms with E-state index >= 15 is 0 Å². The minimum absolute atomic E-state index is 0.159. The number of hydrogen-bond acceptors (Lipinski definition) is 3. The Hall–Kier alpha value is -0.780. The summed E-state index contributed by atoms with van der Waals surface area (Å²) in [5.74, 6) is -0.159. The summed E-state index contributed by atoms with van der Waals surface area (Å²) >= 11 is 1.18. The largest absolute Gasteiger partial charge is 0.434 e. The molecule has 110 valence electrons. The van der Waals surface area contributed by atoms with E-state index in [1.807, 2.05) is 18.7 Å². The summed E-state index contributed by atoms with van der Waals surface area (Å²) in [7, 11) is 0. The minimum Gasteiger partial charge on any atom is -0.348 e.